The number of hydrogen-bond donors (Lipinski definition) is 2. The summed E-state index contributed by atoms with van der Waals surface area (Å²) in [7, 11) is 0. The summed E-state index contributed by atoms with van der Waals surface area (Å²) in [5.74, 6) is 0. The van der Waals surface area contributed by atoms with Crippen molar-refractivity contribution in [2.45, 2.75) is 12.1 Å². The van der Waals surface area contributed by atoms with E-state index < -0.39 is 5.72 Å². The summed E-state index contributed by atoms with van der Waals surface area (Å²) in [6.45, 7) is 0.795. The van der Waals surface area contributed by atoms with Gasteiger partial charge >= 0.3 is 0 Å². The molecule has 0 saturated carbocycles. The van der Waals surface area contributed by atoms with Gasteiger partial charge < -0.3 is 5.11 Å². The molecule has 1 aliphatic heterocycles. The van der Waals surface area contributed by atoms with Gasteiger partial charge in [0.05, 0.1) is 0 Å². The average molecular weight is 177 g/mol. The largest absolute Gasteiger partial charge is 0.371 e. The van der Waals surface area contributed by atoms with Crippen molar-refractivity contribution in [3.63, 3.8) is 0 Å². The Labute approximate surface area is 76.4 Å². The van der Waals surface area contributed by atoms with Crippen LogP contribution >= 0.6 is 0 Å². The van der Waals surface area contributed by atoms with Crippen LogP contribution in [-0.2, 0) is 5.72 Å². The van der Waals surface area contributed by atoms with E-state index in [4.69, 9.17) is 0 Å². The van der Waals surface area contributed by atoms with E-state index in [1.54, 1.807) is 18.2 Å². The molecule has 0 unspecified atom stereocenters. The molecule has 1 heterocycles. The van der Waals surface area contributed by atoms with Crippen LogP contribution in [0.1, 0.15) is 22.3 Å². The second-order valence-corrected chi connectivity index (χ2v) is 3.24. The number of hydrogen-bond acceptors (Lipinski definition) is 3. The van der Waals surface area contributed by atoms with Crippen molar-refractivity contribution >= 4 is 6.29 Å². The minimum absolute atomic E-state index is 0.553. The van der Waals surface area contributed by atoms with Crippen LogP contribution in [0.15, 0.2) is 24.3 Å². The van der Waals surface area contributed by atoms with E-state index in [0.717, 1.165) is 12.8 Å². The first-order valence-electron chi connectivity index (χ1n) is 4.28. The Balaban J connectivity index is 2.43. The maximum Gasteiger partial charge on any atom is 0.150 e. The Kier molecular flexibility index (Phi) is 1.90. The highest BCUT2D eigenvalue weighted by Crippen LogP contribution is 2.29. The number of nitrogens with one attached hydrogen (secondary N) is 1. The quantitative estimate of drug-likeness (QED) is 0.652. The van der Waals surface area contributed by atoms with Crippen LogP contribution in [0, 0.1) is 0 Å². The summed E-state index contributed by atoms with van der Waals surface area (Å²) in [6.07, 6.45) is 1.44. The standard InChI is InChI=1S/C10H11NO2/c12-7-8-3-1-2-4-9(8)10(13)5-6-11-10/h1-4,7,11,13H,5-6H2/t10-/m0/s1. The third kappa shape index (κ3) is 1.26. The molecule has 13 heavy (non-hydrogen) atoms. The van der Waals surface area contributed by atoms with Gasteiger partial charge in [-0.25, -0.2) is 0 Å². The highest BCUT2D eigenvalue weighted by atomic mass is 16.3. The van der Waals surface area contributed by atoms with Gasteiger partial charge in [-0.1, -0.05) is 24.3 Å². The zero-order valence-electron chi connectivity index (χ0n) is 7.16. The minimum Gasteiger partial charge on any atom is -0.371 e. The SMILES string of the molecule is O=Cc1ccccc1[C@@]1(O)CCN1. The van der Waals surface area contributed by atoms with Gasteiger partial charge in [0.15, 0.2) is 0 Å². The van der Waals surface area contributed by atoms with E-state index in [1.165, 1.54) is 0 Å². The first-order chi connectivity index (χ1) is 6.26. The number of carbonyl (C=O) groups is 1. The molecule has 0 aliphatic carbocycles. The second kappa shape index (κ2) is 2.94. The van der Waals surface area contributed by atoms with E-state index in [9.17, 15) is 9.90 Å². The van der Waals surface area contributed by atoms with Gasteiger partial charge in [-0.3, -0.25) is 10.1 Å². The Morgan fingerprint density at radius 3 is 2.69 bits per heavy atom. The molecule has 1 aromatic carbocycles. The highest BCUT2D eigenvalue weighted by molar-refractivity contribution is 5.77. The van der Waals surface area contributed by atoms with Crippen molar-refractivity contribution in [3.8, 4) is 0 Å². The number of carbonyl (C=O) groups excluding carboxylic acids is 1. The molecular weight excluding hydrogens is 166 g/mol. The number of rotatable bonds is 2. The van der Waals surface area contributed by atoms with Gasteiger partial charge in [0.25, 0.3) is 0 Å². The number of aldehydes is 1. The third-order valence-electron chi connectivity index (χ3n) is 2.44. The smallest absolute Gasteiger partial charge is 0.150 e. The van der Waals surface area contributed by atoms with Crippen LogP contribution in [0.2, 0.25) is 0 Å². The summed E-state index contributed by atoms with van der Waals surface area (Å²) in [4.78, 5) is 10.7. The molecule has 1 saturated heterocycles. The fraction of sp³-hybridized carbons (Fsp3) is 0.300. The van der Waals surface area contributed by atoms with Gasteiger partial charge in [-0.15, -0.1) is 0 Å². The van der Waals surface area contributed by atoms with Crippen molar-refractivity contribution in [3.05, 3.63) is 35.4 Å². The van der Waals surface area contributed by atoms with Crippen molar-refractivity contribution in [1.29, 1.82) is 0 Å². The van der Waals surface area contributed by atoms with Crippen molar-refractivity contribution in [1.82, 2.24) is 5.32 Å². The van der Waals surface area contributed by atoms with Crippen LogP contribution in [0.4, 0.5) is 0 Å². The molecule has 0 aromatic heterocycles. The lowest BCUT2D eigenvalue weighted by molar-refractivity contribution is -0.0610. The second-order valence-electron chi connectivity index (χ2n) is 3.24. The first kappa shape index (κ1) is 8.41. The Hall–Kier alpha value is -1.19. The molecular formula is C10H11NO2. The van der Waals surface area contributed by atoms with Crippen LogP contribution in [0.5, 0.6) is 0 Å². The zero-order valence-corrected chi connectivity index (χ0v) is 7.16. The first-order valence-corrected chi connectivity index (χ1v) is 4.28. The van der Waals surface area contributed by atoms with Crippen LogP contribution in [-0.4, -0.2) is 17.9 Å². The van der Waals surface area contributed by atoms with Crippen molar-refractivity contribution in [2.75, 3.05) is 6.54 Å². The lowest BCUT2D eigenvalue weighted by Crippen LogP contribution is -2.54. The summed E-state index contributed by atoms with van der Waals surface area (Å²) < 4.78 is 0. The molecule has 3 nitrogen and oxygen atoms in total. The molecule has 0 amide bonds. The van der Waals surface area contributed by atoms with Crippen molar-refractivity contribution < 1.29 is 9.90 Å². The van der Waals surface area contributed by atoms with E-state index >= 15 is 0 Å². The highest BCUT2D eigenvalue weighted by Gasteiger charge is 2.37. The fourth-order valence-electron chi connectivity index (χ4n) is 1.57. The van der Waals surface area contributed by atoms with Crippen molar-refractivity contribution in [2.24, 2.45) is 0 Å². The molecule has 1 aromatic rings. The summed E-state index contributed by atoms with van der Waals surface area (Å²) >= 11 is 0. The molecule has 0 bridgehead atoms. The molecule has 0 radical (unpaired) electrons. The molecule has 2 N–H and O–H groups in total. The van der Waals surface area contributed by atoms with Gasteiger partial charge in [-0.2, -0.15) is 0 Å². The van der Waals surface area contributed by atoms with E-state index in [2.05, 4.69) is 5.32 Å². The maximum atomic E-state index is 10.7. The summed E-state index contributed by atoms with van der Waals surface area (Å²) in [6, 6.07) is 7.09. The fourth-order valence-corrected chi connectivity index (χ4v) is 1.57. The minimum atomic E-state index is -0.975. The third-order valence-corrected chi connectivity index (χ3v) is 2.44. The van der Waals surface area contributed by atoms with Gasteiger partial charge in [0.2, 0.25) is 0 Å². The molecule has 2 rings (SSSR count). The lowest BCUT2D eigenvalue weighted by atomic mass is 9.90. The van der Waals surface area contributed by atoms with E-state index in [-0.39, 0.29) is 0 Å². The van der Waals surface area contributed by atoms with Gasteiger partial charge in [0, 0.05) is 24.1 Å². The van der Waals surface area contributed by atoms with Crippen LogP contribution in [0.25, 0.3) is 0 Å². The number of aliphatic hydroxyl groups is 1. The van der Waals surface area contributed by atoms with E-state index in [0.29, 0.717) is 17.5 Å². The average Bonchev–Trinajstić information content (AvgIpc) is 2.14. The molecule has 1 fully saturated rings. The molecule has 3 heteroatoms. The summed E-state index contributed by atoms with van der Waals surface area (Å²) in [5, 5.41) is 12.8. The van der Waals surface area contributed by atoms with Gasteiger partial charge in [0.1, 0.15) is 12.0 Å². The lowest BCUT2D eigenvalue weighted by Gasteiger charge is -2.39. The molecule has 1 atom stereocenters. The monoisotopic (exact) mass is 177 g/mol. The summed E-state index contributed by atoms with van der Waals surface area (Å²) in [5.41, 5.74) is 0.255. The maximum absolute atomic E-state index is 10.7. The number of benzene rings is 1. The molecule has 0 spiro atoms. The Bertz CT molecular complexity index is 331. The van der Waals surface area contributed by atoms with E-state index in [1.807, 2.05) is 6.07 Å². The molecule has 1 aliphatic rings. The van der Waals surface area contributed by atoms with Gasteiger partial charge in [-0.05, 0) is 0 Å². The predicted octanol–water partition coefficient (Wildman–Crippen LogP) is 0.637. The normalized spacial score (nSPS) is 26.5. The Morgan fingerprint density at radius 2 is 2.15 bits per heavy atom. The predicted molar refractivity (Wildman–Crippen MR) is 48.3 cm³/mol. The molecule has 68 valence electrons. The Morgan fingerprint density at radius 1 is 1.46 bits per heavy atom. The zero-order chi connectivity index (χ0) is 9.31. The van der Waals surface area contributed by atoms with Crippen LogP contribution < -0.4 is 5.32 Å². The van der Waals surface area contributed by atoms with Crippen LogP contribution in [0.3, 0.4) is 0 Å². The topological polar surface area (TPSA) is 49.3 Å².